The molecule has 1 amide bonds. The van der Waals surface area contributed by atoms with Crippen LogP contribution in [-0.4, -0.2) is 33.1 Å². The Morgan fingerprint density at radius 3 is 2.67 bits per heavy atom. The first kappa shape index (κ1) is 19.3. The average Bonchev–Trinajstić information content (AvgIpc) is 2.56. The van der Waals surface area contributed by atoms with Crippen molar-refractivity contribution in [3.63, 3.8) is 0 Å². The summed E-state index contributed by atoms with van der Waals surface area (Å²) >= 11 is 5.88. The molecular formula is C18H18ClF2N3O3. The van der Waals surface area contributed by atoms with Gasteiger partial charge in [0.1, 0.15) is 17.7 Å². The molecule has 1 aliphatic rings. The van der Waals surface area contributed by atoms with Gasteiger partial charge in [-0.2, -0.15) is 0 Å². The van der Waals surface area contributed by atoms with Gasteiger partial charge < -0.3 is 14.4 Å². The van der Waals surface area contributed by atoms with Crippen molar-refractivity contribution in [1.29, 1.82) is 0 Å². The summed E-state index contributed by atoms with van der Waals surface area (Å²) in [6, 6.07) is 1.64. The number of fused-ring (bicyclic) bond motifs is 1. The van der Waals surface area contributed by atoms with Crippen LogP contribution in [0.4, 0.5) is 13.6 Å². The van der Waals surface area contributed by atoms with Crippen LogP contribution < -0.4 is 4.74 Å². The molecule has 9 heteroatoms. The van der Waals surface area contributed by atoms with Gasteiger partial charge in [-0.3, -0.25) is 0 Å². The third kappa shape index (κ3) is 4.44. The van der Waals surface area contributed by atoms with Crippen molar-refractivity contribution in [2.75, 3.05) is 6.54 Å². The van der Waals surface area contributed by atoms with Crippen molar-refractivity contribution >= 4 is 17.7 Å². The van der Waals surface area contributed by atoms with Gasteiger partial charge in [0.25, 0.3) is 0 Å². The minimum absolute atomic E-state index is 0.122. The summed E-state index contributed by atoms with van der Waals surface area (Å²) in [5.41, 5.74) is 0.599. The first-order valence-electron chi connectivity index (χ1n) is 8.27. The van der Waals surface area contributed by atoms with Gasteiger partial charge in [-0.15, -0.1) is 0 Å². The van der Waals surface area contributed by atoms with Crippen LogP contribution in [0, 0.1) is 11.6 Å². The lowest BCUT2D eigenvalue weighted by Crippen LogP contribution is -2.40. The fraction of sp³-hybridized carbons (Fsp3) is 0.389. The molecule has 0 bridgehead atoms. The van der Waals surface area contributed by atoms with Crippen LogP contribution in [0.2, 0.25) is 5.02 Å². The topological polar surface area (TPSA) is 64.5 Å². The quantitative estimate of drug-likeness (QED) is 0.746. The lowest BCUT2D eigenvalue weighted by atomic mass is 10.1. The molecule has 0 aliphatic carbocycles. The molecule has 0 atom stereocenters. The number of benzene rings is 1. The molecule has 1 aromatic carbocycles. The van der Waals surface area contributed by atoms with E-state index < -0.39 is 23.3 Å². The monoisotopic (exact) mass is 397 g/mol. The second kappa shape index (κ2) is 7.26. The first-order chi connectivity index (χ1) is 12.6. The lowest BCUT2D eigenvalue weighted by molar-refractivity contribution is 0.0219. The minimum Gasteiger partial charge on any atom is -0.444 e. The Hall–Kier alpha value is -2.48. The van der Waals surface area contributed by atoms with Crippen LogP contribution in [0.15, 0.2) is 18.5 Å². The van der Waals surface area contributed by atoms with E-state index in [1.165, 1.54) is 11.2 Å². The highest BCUT2D eigenvalue weighted by molar-refractivity contribution is 6.32. The number of halogens is 3. The normalized spacial score (nSPS) is 13.9. The third-order valence-corrected chi connectivity index (χ3v) is 4.06. The number of hydrogen-bond donors (Lipinski definition) is 0. The summed E-state index contributed by atoms with van der Waals surface area (Å²) in [5, 5.41) is -0.203. The Kier molecular flexibility index (Phi) is 5.19. The third-order valence-electron chi connectivity index (χ3n) is 3.78. The van der Waals surface area contributed by atoms with E-state index in [4.69, 9.17) is 21.1 Å². The zero-order chi connectivity index (χ0) is 19.8. The summed E-state index contributed by atoms with van der Waals surface area (Å²) in [7, 11) is 0. The summed E-state index contributed by atoms with van der Waals surface area (Å²) in [4.78, 5) is 22.0. The summed E-state index contributed by atoms with van der Waals surface area (Å²) in [6.07, 6.45) is 1.20. The molecule has 2 heterocycles. The van der Waals surface area contributed by atoms with Crippen molar-refractivity contribution in [1.82, 2.24) is 14.9 Å². The second-order valence-electron chi connectivity index (χ2n) is 7.06. The van der Waals surface area contributed by atoms with E-state index in [-0.39, 0.29) is 23.2 Å². The van der Waals surface area contributed by atoms with Crippen molar-refractivity contribution in [2.45, 2.75) is 39.3 Å². The Labute approximate surface area is 160 Å². The van der Waals surface area contributed by atoms with Gasteiger partial charge in [-0.25, -0.2) is 23.5 Å². The fourth-order valence-corrected chi connectivity index (χ4v) is 2.85. The van der Waals surface area contributed by atoms with Gasteiger partial charge in [0.15, 0.2) is 11.6 Å². The number of ether oxygens (including phenoxy) is 2. The van der Waals surface area contributed by atoms with E-state index in [2.05, 4.69) is 9.97 Å². The minimum atomic E-state index is -0.932. The Bertz CT molecular complexity index is 864. The van der Waals surface area contributed by atoms with E-state index in [1.807, 2.05) is 0 Å². The number of carbonyl (C=O) groups excluding carboxylic acids is 1. The number of aromatic nitrogens is 2. The Morgan fingerprint density at radius 1 is 1.26 bits per heavy atom. The van der Waals surface area contributed by atoms with Crippen LogP contribution in [0.3, 0.4) is 0 Å². The summed E-state index contributed by atoms with van der Waals surface area (Å²) < 4.78 is 38.1. The van der Waals surface area contributed by atoms with Gasteiger partial charge in [0.05, 0.1) is 17.3 Å². The molecule has 0 unspecified atom stereocenters. The predicted molar refractivity (Wildman–Crippen MR) is 93.8 cm³/mol. The van der Waals surface area contributed by atoms with Crippen molar-refractivity contribution in [3.8, 4) is 11.6 Å². The smallest absolute Gasteiger partial charge is 0.410 e. The average molecular weight is 398 g/mol. The number of rotatable bonds is 2. The van der Waals surface area contributed by atoms with Gasteiger partial charge in [0.2, 0.25) is 5.88 Å². The van der Waals surface area contributed by atoms with E-state index >= 15 is 0 Å². The van der Waals surface area contributed by atoms with Crippen LogP contribution in [0.5, 0.6) is 11.6 Å². The SMILES string of the molecule is CC(C)(C)OC(=O)N1CCc2c(ncnc2Oc2c(F)cc(F)cc2Cl)C1. The molecule has 0 radical (unpaired) electrons. The molecule has 0 fully saturated rings. The highest BCUT2D eigenvalue weighted by atomic mass is 35.5. The molecule has 0 spiro atoms. The molecule has 0 saturated carbocycles. The van der Waals surface area contributed by atoms with Gasteiger partial charge >= 0.3 is 6.09 Å². The maximum Gasteiger partial charge on any atom is 0.410 e. The molecule has 6 nitrogen and oxygen atoms in total. The summed E-state index contributed by atoms with van der Waals surface area (Å²) in [5.74, 6) is -1.93. The Balaban J connectivity index is 1.83. The van der Waals surface area contributed by atoms with Crippen LogP contribution in [0.25, 0.3) is 0 Å². The second-order valence-corrected chi connectivity index (χ2v) is 7.46. The molecule has 0 N–H and O–H groups in total. The van der Waals surface area contributed by atoms with E-state index in [1.54, 1.807) is 20.8 Å². The van der Waals surface area contributed by atoms with Crippen LogP contribution in [-0.2, 0) is 17.7 Å². The van der Waals surface area contributed by atoms with Crippen molar-refractivity contribution in [3.05, 3.63) is 46.4 Å². The van der Waals surface area contributed by atoms with Crippen LogP contribution in [0.1, 0.15) is 32.0 Å². The largest absolute Gasteiger partial charge is 0.444 e. The van der Waals surface area contributed by atoms with E-state index in [0.717, 1.165) is 6.07 Å². The maximum absolute atomic E-state index is 14.0. The lowest BCUT2D eigenvalue weighted by Gasteiger charge is -2.30. The highest BCUT2D eigenvalue weighted by Crippen LogP contribution is 2.35. The van der Waals surface area contributed by atoms with E-state index in [0.29, 0.717) is 30.3 Å². The standard InChI is InChI=1S/C18H18ClF2N3O3/c1-18(2,3)27-17(25)24-5-4-11-14(8-24)22-9-23-16(11)26-15-12(19)6-10(20)7-13(15)21/h6-7,9H,4-5,8H2,1-3H3. The molecule has 144 valence electrons. The van der Waals surface area contributed by atoms with E-state index in [9.17, 15) is 13.6 Å². The predicted octanol–water partition coefficient (Wildman–Crippen LogP) is 4.49. The number of nitrogens with zero attached hydrogens (tertiary/aromatic N) is 3. The molecule has 2 aromatic rings. The molecule has 0 saturated heterocycles. The zero-order valence-corrected chi connectivity index (χ0v) is 15.8. The van der Waals surface area contributed by atoms with Gasteiger partial charge in [-0.05, 0) is 33.3 Å². The van der Waals surface area contributed by atoms with Gasteiger partial charge in [0, 0.05) is 18.2 Å². The van der Waals surface area contributed by atoms with Crippen molar-refractivity contribution < 1.29 is 23.0 Å². The highest BCUT2D eigenvalue weighted by Gasteiger charge is 2.29. The molecule has 27 heavy (non-hydrogen) atoms. The molecular weight excluding hydrogens is 380 g/mol. The van der Waals surface area contributed by atoms with Gasteiger partial charge in [-0.1, -0.05) is 11.6 Å². The fourth-order valence-electron chi connectivity index (χ4n) is 2.62. The van der Waals surface area contributed by atoms with Crippen molar-refractivity contribution in [2.24, 2.45) is 0 Å². The number of amides is 1. The van der Waals surface area contributed by atoms with Crippen LogP contribution >= 0.6 is 11.6 Å². The number of hydrogen-bond acceptors (Lipinski definition) is 5. The first-order valence-corrected chi connectivity index (χ1v) is 8.65. The zero-order valence-electron chi connectivity index (χ0n) is 15.1. The molecule has 1 aromatic heterocycles. The Morgan fingerprint density at radius 2 is 2.00 bits per heavy atom. The molecule has 3 rings (SSSR count). The molecule has 1 aliphatic heterocycles. The maximum atomic E-state index is 14.0. The number of carbonyl (C=O) groups is 1. The summed E-state index contributed by atoms with van der Waals surface area (Å²) in [6.45, 7) is 5.95.